The van der Waals surface area contributed by atoms with Gasteiger partial charge in [-0.2, -0.15) is 11.8 Å². The molecule has 2 fully saturated rings. The average Bonchev–Trinajstić information content (AvgIpc) is 3.39. The molecule has 0 radical (unpaired) electrons. The van der Waals surface area contributed by atoms with Crippen LogP contribution in [0.2, 0.25) is 0 Å². The fraction of sp³-hybridized carbons (Fsp3) is 0.588. The van der Waals surface area contributed by atoms with Crippen molar-refractivity contribution in [2.75, 3.05) is 37.8 Å². The largest absolute Gasteiger partial charge is 0.322 e. The Kier molecular flexibility index (Phi) is 4.93. The molecular formula is C17H25N3OS. The second-order valence-corrected chi connectivity index (χ2v) is 7.37. The van der Waals surface area contributed by atoms with Gasteiger partial charge in [0.25, 0.3) is 0 Å². The number of nitrogens with zero attached hydrogens (tertiary/aromatic N) is 2. The van der Waals surface area contributed by atoms with Crippen LogP contribution in [-0.4, -0.2) is 54.3 Å². The summed E-state index contributed by atoms with van der Waals surface area (Å²) in [6.45, 7) is 5.89. The minimum atomic E-state index is 0.0319. The van der Waals surface area contributed by atoms with Gasteiger partial charge in [0.1, 0.15) is 0 Å². The van der Waals surface area contributed by atoms with Crippen LogP contribution in [0.5, 0.6) is 0 Å². The molecule has 22 heavy (non-hydrogen) atoms. The summed E-state index contributed by atoms with van der Waals surface area (Å²) in [4.78, 5) is 16.9. The first-order valence-electron chi connectivity index (χ1n) is 8.10. The molecule has 4 nitrogen and oxygen atoms in total. The van der Waals surface area contributed by atoms with Crippen LogP contribution >= 0.6 is 11.8 Å². The van der Waals surface area contributed by atoms with Gasteiger partial charge in [-0.25, -0.2) is 4.79 Å². The first-order chi connectivity index (χ1) is 10.7. The molecule has 1 aliphatic carbocycles. The molecule has 5 heteroatoms. The topological polar surface area (TPSA) is 35.6 Å². The third kappa shape index (κ3) is 3.76. The van der Waals surface area contributed by atoms with E-state index in [1.807, 2.05) is 28.8 Å². The summed E-state index contributed by atoms with van der Waals surface area (Å²) in [7, 11) is 0. The van der Waals surface area contributed by atoms with Crippen LogP contribution in [0.4, 0.5) is 10.5 Å². The molecule has 120 valence electrons. The van der Waals surface area contributed by atoms with Crippen LogP contribution in [0.15, 0.2) is 24.3 Å². The molecular weight excluding hydrogens is 294 g/mol. The van der Waals surface area contributed by atoms with E-state index in [4.69, 9.17) is 0 Å². The molecule has 3 rings (SSSR count). The lowest BCUT2D eigenvalue weighted by Gasteiger charge is -2.34. The Hall–Kier alpha value is -1.20. The Labute approximate surface area is 137 Å². The molecule has 1 saturated heterocycles. The van der Waals surface area contributed by atoms with E-state index in [-0.39, 0.29) is 6.03 Å². The molecule has 1 aromatic rings. The number of carbonyl (C=O) groups excluding carboxylic acids is 1. The summed E-state index contributed by atoms with van der Waals surface area (Å²) in [5, 5.41) is 3.49. The fourth-order valence-corrected chi connectivity index (χ4v) is 3.36. The van der Waals surface area contributed by atoms with Crippen LogP contribution in [0.3, 0.4) is 0 Å². The maximum Gasteiger partial charge on any atom is 0.321 e. The number of carbonyl (C=O) groups is 1. The highest BCUT2D eigenvalue weighted by molar-refractivity contribution is 7.98. The minimum absolute atomic E-state index is 0.0319. The number of rotatable bonds is 4. The van der Waals surface area contributed by atoms with Crippen molar-refractivity contribution in [2.24, 2.45) is 0 Å². The van der Waals surface area contributed by atoms with Crippen molar-refractivity contribution in [3.63, 3.8) is 0 Å². The van der Waals surface area contributed by atoms with Gasteiger partial charge < -0.3 is 10.2 Å². The van der Waals surface area contributed by atoms with Gasteiger partial charge in [0.05, 0.1) is 0 Å². The van der Waals surface area contributed by atoms with Crippen LogP contribution in [0.25, 0.3) is 0 Å². The lowest BCUT2D eigenvalue weighted by atomic mass is 10.1. The summed E-state index contributed by atoms with van der Waals surface area (Å²) in [5.41, 5.74) is 2.15. The lowest BCUT2D eigenvalue weighted by molar-refractivity contribution is 0.142. The molecule has 0 aromatic heterocycles. The summed E-state index contributed by atoms with van der Waals surface area (Å²) in [5.74, 6) is 0. The van der Waals surface area contributed by atoms with E-state index in [0.29, 0.717) is 5.25 Å². The monoisotopic (exact) mass is 319 g/mol. The number of hydrogen-bond acceptors (Lipinski definition) is 3. The molecule has 1 aliphatic heterocycles. The molecule has 1 N–H and O–H groups in total. The van der Waals surface area contributed by atoms with Gasteiger partial charge in [-0.15, -0.1) is 0 Å². The quantitative estimate of drug-likeness (QED) is 0.923. The van der Waals surface area contributed by atoms with E-state index in [0.717, 1.165) is 37.9 Å². The van der Waals surface area contributed by atoms with Gasteiger partial charge in [0.2, 0.25) is 0 Å². The van der Waals surface area contributed by atoms with Crippen molar-refractivity contribution >= 4 is 23.5 Å². The normalized spacial score (nSPS) is 20.7. The van der Waals surface area contributed by atoms with Crippen molar-refractivity contribution < 1.29 is 4.79 Å². The Bertz CT molecular complexity index is 524. The molecule has 2 amide bonds. The highest BCUT2D eigenvalue weighted by Crippen LogP contribution is 2.28. The average molecular weight is 319 g/mol. The van der Waals surface area contributed by atoms with Crippen LogP contribution in [0, 0.1) is 0 Å². The van der Waals surface area contributed by atoms with E-state index < -0.39 is 0 Å². The van der Waals surface area contributed by atoms with Gasteiger partial charge in [-0.05, 0) is 43.7 Å². The smallest absolute Gasteiger partial charge is 0.321 e. The molecule has 2 aliphatic rings. The zero-order chi connectivity index (χ0) is 15.5. The molecule has 0 unspecified atom stereocenters. The summed E-state index contributed by atoms with van der Waals surface area (Å²) in [6, 6.07) is 9.02. The van der Waals surface area contributed by atoms with E-state index in [9.17, 15) is 4.79 Å². The molecule has 0 bridgehead atoms. The van der Waals surface area contributed by atoms with Gasteiger partial charge in [0, 0.05) is 43.2 Å². The number of hydrogen-bond donors (Lipinski definition) is 1. The number of amides is 2. The SMILES string of the molecule is CS[C@@H](C)c1cccc(NC(=O)N2CCN(C3CC3)CC2)c1. The Morgan fingerprint density at radius 2 is 2.00 bits per heavy atom. The number of piperazine rings is 1. The van der Waals surface area contributed by atoms with Crippen LogP contribution in [0.1, 0.15) is 30.6 Å². The van der Waals surface area contributed by atoms with E-state index in [2.05, 4.69) is 35.5 Å². The summed E-state index contributed by atoms with van der Waals surface area (Å²) in [6.07, 6.45) is 4.79. The standard InChI is InChI=1S/C17H25N3OS/c1-13(22-2)14-4-3-5-15(12-14)18-17(21)20-10-8-19(9-11-20)16-6-7-16/h3-5,12-13,16H,6-11H2,1-2H3,(H,18,21)/t13-/m0/s1. The van der Waals surface area contributed by atoms with Gasteiger partial charge in [-0.3, -0.25) is 4.90 Å². The molecule has 1 atom stereocenters. The van der Waals surface area contributed by atoms with Crippen molar-refractivity contribution in [1.29, 1.82) is 0 Å². The number of nitrogens with one attached hydrogen (secondary N) is 1. The first kappa shape index (κ1) is 15.7. The molecule has 1 heterocycles. The van der Waals surface area contributed by atoms with Gasteiger partial charge >= 0.3 is 6.03 Å². The summed E-state index contributed by atoms with van der Waals surface area (Å²) >= 11 is 1.81. The minimum Gasteiger partial charge on any atom is -0.322 e. The zero-order valence-electron chi connectivity index (χ0n) is 13.4. The third-order valence-corrected chi connectivity index (χ3v) is 5.60. The third-order valence-electron chi connectivity index (χ3n) is 4.63. The van der Waals surface area contributed by atoms with Gasteiger partial charge in [0.15, 0.2) is 0 Å². The highest BCUT2D eigenvalue weighted by atomic mass is 32.2. The zero-order valence-corrected chi connectivity index (χ0v) is 14.2. The van der Waals surface area contributed by atoms with E-state index in [1.54, 1.807) is 0 Å². The number of thioether (sulfide) groups is 1. The first-order valence-corrected chi connectivity index (χ1v) is 9.39. The van der Waals surface area contributed by atoms with Crippen molar-refractivity contribution in [3.05, 3.63) is 29.8 Å². The van der Waals surface area contributed by atoms with Crippen LogP contribution in [-0.2, 0) is 0 Å². The molecule has 1 aromatic carbocycles. The second kappa shape index (κ2) is 6.92. The second-order valence-electron chi connectivity index (χ2n) is 6.19. The maximum atomic E-state index is 12.4. The number of anilines is 1. The van der Waals surface area contributed by atoms with Crippen molar-refractivity contribution in [3.8, 4) is 0 Å². The number of urea groups is 1. The molecule has 0 spiro atoms. The number of benzene rings is 1. The van der Waals surface area contributed by atoms with Crippen molar-refractivity contribution in [2.45, 2.75) is 31.1 Å². The van der Waals surface area contributed by atoms with E-state index >= 15 is 0 Å². The lowest BCUT2D eigenvalue weighted by Crippen LogP contribution is -2.50. The predicted molar refractivity (Wildman–Crippen MR) is 93.6 cm³/mol. The highest BCUT2D eigenvalue weighted by Gasteiger charge is 2.32. The predicted octanol–water partition coefficient (Wildman–Crippen LogP) is 3.42. The fourth-order valence-electron chi connectivity index (χ4n) is 2.94. The van der Waals surface area contributed by atoms with E-state index in [1.165, 1.54) is 18.4 Å². The summed E-state index contributed by atoms with van der Waals surface area (Å²) < 4.78 is 0. The van der Waals surface area contributed by atoms with Crippen LogP contribution < -0.4 is 5.32 Å². The Morgan fingerprint density at radius 3 is 2.64 bits per heavy atom. The Balaban J connectivity index is 1.55. The maximum absolute atomic E-state index is 12.4. The molecule has 1 saturated carbocycles. The van der Waals surface area contributed by atoms with Crippen molar-refractivity contribution in [1.82, 2.24) is 9.80 Å². The Morgan fingerprint density at radius 1 is 1.27 bits per heavy atom. The van der Waals surface area contributed by atoms with Gasteiger partial charge in [-0.1, -0.05) is 12.1 Å².